The van der Waals surface area contributed by atoms with Gasteiger partial charge in [-0.05, 0) is 50.3 Å². The predicted octanol–water partition coefficient (Wildman–Crippen LogP) is 2.36. The van der Waals surface area contributed by atoms with Gasteiger partial charge < -0.3 is 10.0 Å². The second kappa shape index (κ2) is 7.11. The molecule has 1 N–H and O–H groups in total. The summed E-state index contributed by atoms with van der Waals surface area (Å²) in [6.45, 7) is 5.33. The van der Waals surface area contributed by atoms with E-state index in [9.17, 15) is 18.3 Å². The van der Waals surface area contributed by atoms with Crippen LogP contribution in [0.5, 0.6) is 0 Å². The fourth-order valence-electron chi connectivity index (χ4n) is 3.64. The van der Waals surface area contributed by atoms with E-state index in [0.717, 1.165) is 12.8 Å². The molecule has 2 heterocycles. The minimum Gasteiger partial charge on any atom is -0.388 e. The molecule has 2 fully saturated rings. The SMILES string of the molecule is C[C@@H]1CCCN(S(=O)(=O)c2cc(C(=O)N3CC[C@](C)(O)C3)ccc2Cl)C1. The number of sulfonamides is 1. The molecule has 8 heteroatoms. The molecule has 0 bridgehead atoms. The smallest absolute Gasteiger partial charge is 0.253 e. The van der Waals surface area contributed by atoms with Gasteiger partial charge in [-0.1, -0.05) is 18.5 Å². The van der Waals surface area contributed by atoms with E-state index >= 15 is 0 Å². The summed E-state index contributed by atoms with van der Waals surface area (Å²) in [5.74, 6) is 0.0110. The van der Waals surface area contributed by atoms with Gasteiger partial charge in [0.1, 0.15) is 4.90 Å². The number of aliphatic hydroxyl groups is 1. The lowest BCUT2D eigenvalue weighted by Crippen LogP contribution is -2.39. The third-order valence-electron chi connectivity index (χ3n) is 5.15. The summed E-state index contributed by atoms with van der Waals surface area (Å²) < 4.78 is 27.5. The average Bonchev–Trinajstić information content (AvgIpc) is 2.94. The summed E-state index contributed by atoms with van der Waals surface area (Å²) in [6, 6.07) is 4.37. The van der Waals surface area contributed by atoms with Gasteiger partial charge in [-0.15, -0.1) is 0 Å². The normalized spacial score (nSPS) is 27.7. The van der Waals surface area contributed by atoms with Gasteiger partial charge in [-0.25, -0.2) is 8.42 Å². The van der Waals surface area contributed by atoms with E-state index in [1.165, 1.54) is 22.5 Å². The highest BCUT2D eigenvalue weighted by atomic mass is 35.5. The maximum atomic E-state index is 13.0. The number of piperidine rings is 1. The first-order valence-electron chi connectivity index (χ1n) is 8.91. The van der Waals surface area contributed by atoms with E-state index in [-0.39, 0.29) is 27.9 Å². The standard InChI is InChI=1S/C18H25ClN2O4S/c1-13-4-3-8-21(11-13)26(24,25)16-10-14(5-6-15(16)19)17(22)20-9-7-18(2,23)12-20/h5-6,10,13,23H,3-4,7-9,11-12H2,1-2H3/t13-,18+/m1/s1. The Hall–Kier alpha value is -1.15. The Morgan fingerprint density at radius 3 is 2.69 bits per heavy atom. The van der Waals surface area contributed by atoms with Crippen LogP contribution < -0.4 is 0 Å². The number of β-amino-alcohol motifs (C(OH)–C–C–N with tert-alkyl or cyclic N) is 1. The number of carbonyl (C=O) groups excluding carboxylic acids is 1. The molecule has 2 saturated heterocycles. The minimum absolute atomic E-state index is 0.0231. The predicted molar refractivity (Wildman–Crippen MR) is 99.8 cm³/mol. The Balaban J connectivity index is 1.89. The van der Waals surface area contributed by atoms with Crippen molar-refractivity contribution >= 4 is 27.5 Å². The van der Waals surface area contributed by atoms with E-state index in [1.54, 1.807) is 11.8 Å². The largest absolute Gasteiger partial charge is 0.388 e. The zero-order valence-electron chi connectivity index (χ0n) is 15.1. The Kier molecular flexibility index (Phi) is 5.36. The first-order valence-corrected chi connectivity index (χ1v) is 10.7. The molecule has 0 aliphatic carbocycles. The number of rotatable bonds is 3. The van der Waals surface area contributed by atoms with Gasteiger partial charge in [0.25, 0.3) is 5.91 Å². The Morgan fingerprint density at radius 1 is 1.35 bits per heavy atom. The molecule has 0 unspecified atom stereocenters. The molecule has 2 aliphatic heterocycles. The van der Waals surface area contributed by atoms with Crippen molar-refractivity contribution in [1.29, 1.82) is 0 Å². The fraction of sp³-hybridized carbons (Fsp3) is 0.611. The molecule has 0 spiro atoms. The second-order valence-corrected chi connectivity index (χ2v) is 10.0. The number of carbonyl (C=O) groups is 1. The fourth-order valence-corrected chi connectivity index (χ4v) is 5.74. The molecule has 3 rings (SSSR count). The molecule has 0 radical (unpaired) electrons. The van der Waals surface area contributed by atoms with E-state index < -0.39 is 15.6 Å². The van der Waals surface area contributed by atoms with E-state index in [4.69, 9.17) is 11.6 Å². The maximum Gasteiger partial charge on any atom is 0.253 e. The highest BCUT2D eigenvalue weighted by Gasteiger charge is 2.35. The van der Waals surface area contributed by atoms with Gasteiger partial charge >= 0.3 is 0 Å². The Morgan fingerprint density at radius 2 is 2.08 bits per heavy atom. The van der Waals surface area contributed by atoms with Gasteiger partial charge in [0, 0.05) is 31.7 Å². The van der Waals surface area contributed by atoms with Crippen LogP contribution in [-0.2, 0) is 10.0 Å². The van der Waals surface area contributed by atoms with Crippen molar-refractivity contribution in [2.45, 2.75) is 43.6 Å². The summed E-state index contributed by atoms with van der Waals surface area (Å²) in [5.41, 5.74) is -0.628. The van der Waals surface area contributed by atoms with Crippen LogP contribution in [-0.4, -0.2) is 60.4 Å². The number of amides is 1. The lowest BCUT2D eigenvalue weighted by Gasteiger charge is -2.30. The zero-order valence-corrected chi connectivity index (χ0v) is 16.7. The van der Waals surface area contributed by atoms with Crippen LogP contribution in [0, 0.1) is 5.92 Å². The third kappa shape index (κ3) is 3.91. The number of halogens is 1. The molecular formula is C18H25ClN2O4S. The highest BCUT2D eigenvalue weighted by molar-refractivity contribution is 7.89. The molecule has 26 heavy (non-hydrogen) atoms. The lowest BCUT2D eigenvalue weighted by molar-refractivity contribution is 0.0572. The van der Waals surface area contributed by atoms with Crippen LogP contribution in [0.3, 0.4) is 0 Å². The van der Waals surface area contributed by atoms with Crippen molar-refractivity contribution in [1.82, 2.24) is 9.21 Å². The maximum absolute atomic E-state index is 13.0. The monoisotopic (exact) mass is 400 g/mol. The van der Waals surface area contributed by atoms with Crippen LogP contribution in [0.15, 0.2) is 23.1 Å². The van der Waals surface area contributed by atoms with Gasteiger partial charge in [0.2, 0.25) is 10.0 Å². The number of hydrogen-bond donors (Lipinski definition) is 1. The lowest BCUT2D eigenvalue weighted by atomic mass is 10.0. The van der Waals surface area contributed by atoms with Crippen LogP contribution in [0.2, 0.25) is 5.02 Å². The van der Waals surface area contributed by atoms with Crippen molar-refractivity contribution in [3.63, 3.8) is 0 Å². The summed E-state index contributed by atoms with van der Waals surface area (Å²) in [4.78, 5) is 14.2. The van der Waals surface area contributed by atoms with Crippen LogP contribution in [0.25, 0.3) is 0 Å². The minimum atomic E-state index is -3.75. The second-order valence-electron chi connectivity index (χ2n) is 7.73. The molecule has 0 aromatic heterocycles. The first-order chi connectivity index (χ1) is 12.1. The molecule has 6 nitrogen and oxygen atoms in total. The number of benzene rings is 1. The van der Waals surface area contributed by atoms with Crippen molar-refractivity contribution in [3.05, 3.63) is 28.8 Å². The van der Waals surface area contributed by atoms with Gasteiger partial charge in [0.15, 0.2) is 0 Å². The molecule has 144 valence electrons. The van der Waals surface area contributed by atoms with Crippen molar-refractivity contribution in [2.75, 3.05) is 26.2 Å². The molecule has 1 amide bonds. The van der Waals surface area contributed by atoms with Gasteiger partial charge in [-0.3, -0.25) is 4.79 Å². The van der Waals surface area contributed by atoms with Crippen molar-refractivity contribution in [2.24, 2.45) is 5.92 Å². The van der Waals surface area contributed by atoms with E-state index in [1.807, 2.05) is 6.92 Å². The molecule has 0 saturated carbocycles. The molecule has 2 atom stereocenters. The Labute approximate surface area is 159 Å². The van der Waals surface area contributed by atoms with Gasteiger partial charge in [0.05, 0.1) is 10.6 Å². The van der Waals surface area contributed by atoms with Crippen LogP contribution in [0.4, 0.5) is 0 Å². The molecular weight excluding hydrogens is 376 g/mol. The molecule has 1 aromatic rings. The zero-order chi connectivity index (χ0) is 19.1. The summed E-state index contributed by atoms with van der Waals surface area (Å²) >= 11 is 6.18. The highest BCUT2D eigenvalue weighted by Crippen LogP contribution is 2.30. The van der Waals surface area contributed by atoms with Crippen molar-refractivity contribution < 1.29 is 18.3 Å². The topological polar surface area (TPSA) is 77.9 Å². The Bertz CT molecular complexity index is 809. The van der Waals surface area contributed by atoms with Crippen LogP contribution >= 0.6 is 11.6 Å². The van der Waals surface area contributed by atoms with Gasteiger partial charge in [-0.2, -0.15) is 4.31 Å². The first kappa shape index (κ1) is 19.6. The average molecular weight is 401 g/mol. The summed E-state index contributed by atoms with van der Waals surface area (Å²) in [5, 5.41) is 10.2. The molecule has 1 aromatic carbocycles. The number of nitrogens with zero attached hydrogens (tertiary/aromatic N) is 2. The quantitative estimate of drug-likeness (QED) is 0.844. The molecule has 2 aliphatic rings. The van der Waals surface area contributed by atoms with E-state index in [0.29, 0.717) is 32.0 Å². The summed E-state index contributed by atoms with van der Waals surface area (Å²) in [6.07, 6.45) is 2.33. The van der Waals surface area contributed by atoms with E-state index in [2.05, 4.69) is 0 Å². The van der Waals surface area contributed by atoms with Crippen LogP contribution in [0.1, 0.15) is 43.5 Å². The third-order valence-corrected chi connectivity index (χ3v) is 7.50. The summed E-state index contributed by atoms with van der Waals surface area (Å²) in [7, 11) is -3.75. The number of hydrogen-bond acceptors (Lipinski definition) is 4. The number of likely N-dealkylation sites (tertiary alicyclic amines) is 1. The van der Waals surface area contributed by atoms with Crippen molar-refractivity contribution in [3.8, 4) is 0 Å².